The molecule has 0 radical (unpaired) electrons. The Bertz CT molecular complexity index is 642. The Morgan fingerprint density at radius 2 is 2.32 bits per heavy atom. The predicted molar refractivity (Wildman–Crippen MR) is 72.6 cm³/mol. The van der Waals surface area contributed by atoms with Gasteiger partial charge >= 0.3 is 0 Å². The van der Waals surface area contributed by atoms with Crippen molar-refractivity contribution in [3.63, 3.8) is 0 Å². The largest absolute Gasteiger partial charge is 0.497 e. The maximum atomic E-state index is 12.2. The molecule has 1 aliphatic rings. The van der Waals surface area contributed by atoms with Gasteiger partial charge in [0.15, 0.2) is 0 Å². The van der Waals surface area contributed by atoms with Crippen molar-refractivity contribution in [2.75, 3.05) is 13.7 Å². The molecule has 1 aliphatic heterocycles. The number of ether oxygens (including phenoxy) is 1. The molecule has 1 aromatic heterocycles. The predicted octanol–water partition coefficient (Wildman–Crippen LogP) is 0.879. The molecule has 0 saturated heterocycles. The van der Waals surface area contributed by atoms with Gasteiger partial charge in [-0.1, -0.05) is 12.1 Å². The first-order valence-corrected chi connectivity index (χ1v) is 6.42. The molecule has 0 bridgehead atoms. The Morgan fingerprint density at radius 3 is 3.11 bits per heavy atom. The molecule has 2 aromatic rings. The molecule has 0 fully saturated rings. The minimum absolute atomic E-state index is 0.0966. The van der Waals surface area contributed by atoms with E-state index >= 15 is 0 Å². The summed E-state index contributed by atoms with van der Waals surface area (Å²) in [4.78, 5) is 12.2. The van der Waals surface area contributed by atoms with E-state index < -0.39 is 0 Å². The van der Waals surface area contributed by atoms with E-state index in [0.29, 0.717) is 6.54 Å². The minimum atomic E-state index is 0.0966. The van der Waals surface area contributed by atoms with E-state index in [1.807, 2.05) is 24.3 Å². The number of hydrogen-bond donors (Lipinski definition) is 2. The van der Waals surface area contributed by atoms with Gasteiger partial charge in [0, 0.05) is 12.1 Å². The van der Waals surface area contributed by atoms with Gasteiger partial charge in [-0.25, -0.2) is 4.68 Å². The first-order chi connectivity index (χ1) is 9.28. The van der Waals surface area contributed by atoms with Crippen molar-refractivity contribution in [1.82, 2.24) is 15.1 Å². The molecular weight excluding hydrogens is 242 g/mol. The van der Waals surface area contributed by atoms with Crippen LogP contribution in [0.2, 0.25) is 0 Å². The molecule has 2 heterocycles. The number of H-pyrrole nitrogens is 1. The summed E-state index contributed by atoms with van der Waals surface area (Å²) in [5.74, 6) is 0.809. The maximum absolute atomic E-state index is 12.2. The molecule has 0 spiro atoms. The number of benzene rings is 1. The second kappa shape index (κ2) is 4.93. The molecule has 5 heteroatoms. The van der Waals surface area contributed by atoms with Crippen LogP contribution in [0.1, 0.15) is 16.8 Å². The van der Waals surface area contributed by atoms with E-state index in [1.54, 1.807) is 11.8 Å². The second-order valence-electron chi connectivity index (χ2n) is 4.74. The third-order valence-corrected chi connectivity index (χ3v) is 3.47. The zero-order valence-electron chi connectivity index (χ0n) is 10.9. The number of hydrogen-bond acceptors (Lipinski definition) is 3. The topological polar surface area (TPSA) is 59.0 Å². The lowest BCUT2D eigenvalue weighted by atomic mass is 10.1. The van der Waals surface area contributed by atoms with Crippen LogP contribution in [0.3, 0.4) is 0 Å². The van der Waals surface area contributed by atoms with Crippen molar-refractivity contribution in [2.45, 2.75) is 19.5 Å². The molecule has 0 aliphatic carbocycles. The van der Waals surface area contributed by atoms with Crippen LogP contribution in [0.5, 0.6) is 5.75 Å². The van der Waals surface area contributed by atoms with Crippen molar-refractivity contribution in [3.8, 4) is 5.75 Å². The van der Waals surface area contributed by atoms with Gasteiger partial charge in [-0.3, -0.25) is 9.89 Å². The van der Waals surface area contributed by atoms with Crippen molar-refractivity contribution >= 4 is 0 Å². The lowest BCUT2D eigenvalue weighted by molar-refractivity contribution is 0.414. The number of nitrogens with zero attached hydrogens (tertiary/aromatic N) is 1. The lowest BCUT2D eigenvalue weighted by Crippen LogP contribution is -2.26. The van der Waals surface area contributed by atoms with Crippen LogP contribution in [0.15, 0.2) is 29.1 Å². The molecule has 2 N–H and O–H groups in total. The van der Waals surface area contributed by atoms with E-state index in [1.165, 1.54) is 0 Å². The molecule has 100 valence electrons. The SMILES string of the molecule is COc1cccc(Cn2[nH]c3c(c2=O)CCNC3)c1. The average molecular weight is 259 g/mol. The van der Waals surface area contributed by atoms with E-state index in [2.05, 4.69) is 10.4 Å². The first kappa shape index (κ1) is 12.0. The Morgan fingerprint density at radius 1 is 1.42 bits per heavy atom. The fourth-order valence-corrected chi connectivity index (χ4v) is 2.47. The highest BCUT2D eigenvalue weighted by atomic mass is 16.5. The van der Waals surface area contributed by atoms with E-state index in [-0.39, 0.29) is 5.56 Å². The van der Waals surface area contributed by atoms with E-state index in [4.69, 9.17) is 4.74 Å². The summed E-state index contributed by atoms with van der Waals surface area (Å²) in [5.41, 5.74) is 3.08. The highest BCUT2D eigenvalue weighted by Crippen LogP contribution is 2.14. The zero-order chi connectivity index (χ0) is 13.2. The third kappa shape index (κ3) is 2.29. The van der Waals surface area contributed by atoms with Crippen LogP contribution < -0.4 is 15.6 Å². The van der Waals surface area contributed by atoms with Crippen molar-refractivity contribution in [3.05, 3.63) is 51.4 Å². The highest BCUT2D eigenvalue weighted by Gasteiger charge is 2.17. The average Bonchev–Trinajstić information content (AvgIpc) is 2.76. The maximum Gasteiger partial charge on any atom is 0.270 e. The monoisotopic (exact) mass is 259 g/mol. The molecule has 1 aromatic carbocycles. The minimum Gasteiger partial charge on any atom is -0.497 e. The Balaban J connectivity index is 1.91. The number of fused-ring (bicyclic) bond motifs is 1. The van der Waals surface area contributed by atoms with Crippen LogP contribution in [-0.4, -0.2) is 23.4 Å². The van der Waals surface area contributed by atoms with Gasteiger partial charge in [-0.15, -0.1) is 0 Å². The van der Waals surface area contributed by atoms with Gasteiger partial charge in [0.1, 0.15) is 5.75 Å². The smallest absolute Gasteiger partial charge is 0.270 e. The molecule has 19 heavy (non-hydrogen) atoms. The summed E-state index contributed by atoms with van der Waals surface area (Å²) in [6.45, 7) is 2.16. The summed E-state index contributed by atoms with van der Waals surface area (Å²) in [6.07, 6.45) is 0.801. The summed E-state index contributed by atoms with van der Waals surface area (Å²) in [7, 11) is 1.64. The second-order valence-corrected chi connectivity index (χ2v) is 4.74. The first-order valence-electron chi connectivity index (χ1n) is 6.42. The highest BCUT2D eigenvalue weighted by molar-refractivity contribution is 5.29. The molecule has 0 amide bonds. The lowest BCUT2D eigenvalue weighted by Gasteiger charge is -2.09. The molecule has 0 atom stereocenters. The summed E-state index contributed by atoms with van der Waals surface area (Å²) >= 11 is 0. The fourth-order valence-electron chi connectivity index (χ4n) is 2.47. The van der Waals surface area contributed by atoms with E-state index in [0.717, 1.165) is 42.1 Å². The number of nitrogens with one attached hydrogen (secondary N) is 2. The van der Waals surface area contributed by atoms with Crippen LogP contribution in [0, 0.1) is 0 Å². The van der Waals surface area contributed by atoms with Crippen molar-refractivity contribution < 1.29 is 4.74 Å². The summed E-state index contributed by atoms with van der Waals surface area (Å²) in [6, 6.07) is 7.77. The van der Waals surface area contributed by atoms with Gasteiger partial charge in [-0.05, 0) is 30.7 Å². The zero-order valence-corrected chi connectivity index (χ0v) is 10.9. The summed E-state index contributed by atoms with van der Waals surface area (Å²) in [5, 5.41) is 6.45. The quantitative estimate of drug-likeness (QED) is 0.860. The molecule has 0 unspecified atom stereocenters. The van der Waals surface area contributed by atoms with Crippen molar-refractivity contribution in [2.24, 2.45) is 0 Å². The van der Waals surface area contributed by atoms with Gasteiger partial charge < -0.3 is 10.1 Å². The van der Waals surface area contributed by atoms with Gasteiger partial charge in [-0.2, -0.15) is 0 Å². The molecule has 3 rings (SSSR count). The van der Waals surface area contributed by atoms with Gasteiger partial charge in [0.2, 0.25) is 0 Å². The number of aromatic amines is 1. The number of rotatable bonds is 3. The standard InChI is InChI=1S/C14H17N3O2/c1-19-11-4-2-3-10(7-11)9-17-14(18)12-5-6-15-8-13(12)16-17/h2-4,7,15-16H,5-6,8-9H2,1H3. The van der Waals surface area contributed by atoms with Gasteiger partial charge in [0.05, 0.1) is 19.3 Å². The van der Waals surface area contributed by atoms with Crippen molar-refractivity contribution in [1.29, 1.82) is 0 Å². The fraction of sp³-hybridized carbons (Fsp3) is 0.357. The van der Waals surface area contributed by atoms with E-state index in [9.17, 15) is 4.79 Å². The molecular formula is C14H17N3O2. The number of methoxy groups -OCH3 is 1. The van der Waals surface area contributed by atoms with Crippen LogP contribution >= 0.6 is 0 Å². The van der Waals surface area contributed by atoms with Crippen LogP contribution in [0.25, 0.3) is 0 Å². The van der Waals surface area contributed by atoms with Crippen LogP contribution in [-0.2, 0) is 19.5 Å². The Labute approximate surface area is 111 Å². The summed E-state index contributed by atoms with van der Waals surface area (Å²) < 4.78 is 6.87. The normalized spacial score (nSPS) is 14.2. The Hall–Kier alpha value is -2.01. The molecule has 5 nitrogen and oxygen atoms in total. The molecule has 0 saturated carbocycles. The third-order valence-electron chi connectivity index (χ3n) is 3.47. The van der Waals surface area contributed by atoms with Gasteiger partial charge in [0.25, 0.3) is 5.56 Å². The Kier molecular flexibility index (Phi) is 3.13. The van der Waals surface area contributed by atoms with Crippen LogP contribution in [0.4, 0.5) is 0 Å². The number of aromatic nitrogens is 2.